The number of hydrogen-bond donors (Lipinski definition) is 3. The van der Waals surface area contributed by atoms with E-state index in [1.807, 2.05) is 30.5 Å². The van der Waals surface area contributed by atoms with Gasteiger partial charge >= 0.3 is 0 Å². The minimum absolute atomic E-state index is 0.165. The number of hydrogen-bond acceptors (Lipinski definition) is 4. The van der Waals surface area contributed by atoms with Crippen molar-refractivity contribution in [3.63, 3.8) is 0 Å². The summed E-state index contributed by atoms with van der Waals surface area (Å²) in [6.45, 7) is 9.32. The van der Waals surface area contributed by atoms with Gasteiger partial charge in [-0.05, 0) is 25.5 Å². The smallest absolute Gasteiger partial charge is 0.242 e. The minimum Gasteiger partial charge on any atom is -0.379 e. The fourth-order valence-corrected chi connectivity index (χ4v) is 3.68. The number of nitrogens with zero attached hydrogens (tertiary/aromatic N) is 1. The number of morpholine rings is 1. The minimum atomic E-state index is -0.614. The standard InChI is InChI=1S/C21H30N4O3/c1-15(26)24-19(12-16-13-22-18-7-5-4-6-17(16)18)20(27)23-14-21(2,3)25-8-10-28-11-9-25/h4-7,13,19,22H,8-12,14H2,1-3H3,(H,23,27)(H,24,26). The van der Waals surface area contributed by atoms with Crippen molar-refractivity contribution in [2.24, 2.45) is 0 Å². The van der Waals surface area contributed by atoms with Crippen LogP contribution in [-0.2, 0) is 20.7 Å². The van der Waals surface area contributed by atoms with Crippen molar-refractivity contribution in [3.05, 3.63) is 36.0 Å². The number of amides is 2. The molecule has 0 bridgehead atoms. The predicted molar refractivity (Wildman–Crippen MR) is 109 cm³/mol. The van der Waals surface area contributed by atoms with Gasteiger partial charge in [-0.15, -0.1) is 0 Å². The van der Waals surface area contributed by atoms with Gasteiger partial charge in [-0.2, -0.15) is 0 Å². The highest BCUT2D eigenvalue weighted by Gasteiger charge is 2.30. The van der Waals surface area contributed by atoms with Crippen LogP contribution in [-0.4, -0.2) is 66.1 Å². The molecule has 3 rings (SSSR count). The van der Waals surface area contributed by atoms with E-state index in [1.54, 1.807) is 0 Å². The molecule has 1 atom stereocenters. The van der Waals surface area contributed by atoms with Crippen molar-refractivity contribution >= 4 is 22.7 Å². The highest BCUT2D eigenvalue weighted by Crippen LogP contribution is 2.19. The maximum Gasteiger partial charge on any atom is 0.242 e. The summed E-state index contributed by atoms with van der Waals surface area (Å²) in [7, 11) is 0. The number of aromatic amines is 1. The van der Waals surface area contributed by atoms with E-state index in [4.69, 9.17) is 4.74 Å². The van der Waals surface area contributed by atoms with E-state index in [0.29, 0.717) is 26.2 Å². The first-order chi connectivity index (χ1) is 13.4. The normalized spacial score (nSPS) is 16.7. The van der Waals surface area contributed by atoms with Crippen LogP contribution in [0.1, 0.15) is 26.3 Å². The molecule has 0 aliphatic carbocycles. The molecule has 3 N–H and O–H groups in total. The van der Waals surface area contributed by atoms with Crippen molar-refractivity contribution in [2.45, 2.75) is 38.8 Å². The first-order valence-corrected chi connectivity index (χ1v) is 9.79. The number of carbonyl (C=O) groups is 2. The van der Waals surface area contributed by atoms with Crippen LogP contribution < -0.4 is 10.6 Å². The van der Waals surface area contributed by atoms with Gasteiger partial charge in [-0.1, -0.05) is 18.2 Å². The Morgan fingerprint density at radius 2 is 1.96 bits per heavy atom. The lowest BCUT2D eigenvalue weighted by Gasteiger charge is -2.41. The summed E-state index contributed by atoms with van der Waals surface area (Å²) in [5.74, 6) is -0.380. The molecular weight excluding hydrogens is 356 g/mol. The van der Waals surface area contributed by atoms with Gasteiger partial charge < -0.3 is 20.4 Å². The van der Waals surface area contributed by atoms with Gasteiger partial charge in [0.1, 0.15) is 6.04 Å². The topological polar surface area (TPSA) is 86.5 Å². The molecule has 0 spiro atoms. The first-order valence-electron chi connectivity index (χ1n) is 9.79. The molecule has 2 heterocycles. The molecule has 1 aliphatic rings. The van der Waals surface area contributed by atoms with Crippen LogP contribution in [0, 0.1) is 0 Å². The number of carbonyl (C=O) groups excluding carboxylic acids is 2. The largest absolute Gasteiger partial charge is 0.379 e. The highest BCUT2D eigenvalue weighted by atomic mass is 16.5. The zero-order valence-corrected chi connectivity index (χ0v) is 16.9. The van der Waals surface area contributed by atoms with Gasteiger partial charge in [0.2, 0.25) is 11.8 Å². The highest BCUT2D eigenvalue weighted by molar-refractivity contribution is 5.89. The Balaban J connectivity index is 1.67. The van der Waals surface area contributed by atoms with Crippen LogP contribution in [0.15, 0.2) is 30.5 Å². The van der Waals surface area contributed by atoms with Gasteiger partial charge in [0.05, 0.1) is 13.2 Å². The molecule has 0 radical (unpaired) electrons. The van der Waals surface area contributed by atoms with E-state index in [0.717, 1.165) is 29.6 Å². The van der Waals surface area contributed by atoms with Gasteiger partial charge in [-0.3, -0.25) is 14.5 Å². The molecule has 2 amide bonds. The van der Waals surface area contributed by atoms with Gasteiger partial charge in [0, 0.05) is 55.6 Å². The number of rotatable bonds is 7. The number of fused-ring (bicyclic) bond motifs is 1. The molecule has 1 saturated heterocycles. The number of aromatic nitrogens is 1. The molecule has 7 nitrogen and oxygen atoms in total. The van der Waals surface area contributed by atoms with Crippen molar-refractivity contribution in [3.8, 4) is 0 Å². The molecule has 0 saturated carbocycles. The number of nitrogens with one attached hydrogen (secondary N) is 3. The molecule has 152 valence electrons. The third-order valence-electron chi connectivity index (χ3n) is 5.36. The van der Waals surface area contributed by atoms with Crippen LogP contribution in [0.3, 0.4) is 0 Å². The summed E-state index contributed by atoms with van der Waals surface area (Å²) in [5, 5.41) is 6.91. The zero-order chi connectivity index (χ0) is 20.1. The van der Waals surface area contributed by atoms with E-state index >= 15 is 0 Å². The molecule has 7 heteroatoms. The van der Waals surface area contributed by atoms with Crippen LogP contribution in [0.4, 0.5) is 0 Å². The third kappa shape index (κ3) is 4.91. The lowest BCUT2D eigenvalue weighted by atomic mass is 10.0. The first kappa shape index (κ1) is 20.4. The maximum atomic E-state index is 12.9. The molecule has 28 heavy (non-hydrogen) atoms. The van der Waals surface area contributed by atoms with Gasteiger partial charge in [0.15, 0.2) is 0 Å². The molecule has 2 aromatic rings. The van der Waals surface area contributed by atoms with Crippen molar-refractivity contribution in [1.29, 1.82) is 0 Å². The Labute approximate surface area is 165 Å². The van der Waals surface area contributed by atoms with E-state index < -0.39 is 6.04 Å². The second-order valence-electron chi connectivity index (χ2n) is 7.95. The number of ether oxygens (including phenoxy) is 1. The van der Waals surface area contributed by atoms with Crippen LogP contribution >= 0.6 is 0 Å². The second kappa shape index (κ2) is 8.75. The Kier molecular flexibility index (Phi) is 6.36. The maximum absolute atomic E-state index is 12.9. The van der Waals surface area contributed by atoms with Gasteiger partial charge in [-0.25, -0.2) is 0 Å². The summed E-state index contributed by atoms with van der Waals surface area (Å²) in [6.07, 6.45) is 2.35. The lowest BCUT2D eigenvalue weighted by molar-refractivity contribution is -0.128. The molecule has 1 aromatic heterocycles. The molecular formula is C21H30N4O3. The Bertz CT molecular complexity index is 824. The summed E-state index contributed by atoms with van der Waals surface area (Å²) < 4.78 is 5.42. The monoisotopic (exact) mass is 386 g/mol. The van der Waals surface area contributed by atoms with E-state index in [2.05, 4.69) is 34.4 Å². The molecule has 1 unspecified atom stereocenters. The quantitative estimate of drug-likeness (QED) is 0.672. The van der Waals surface area contributed by atoms with Crippen molar-refractivity contribution in [2.75, 3.05) is 32.8 Å². The fourth-order valence-electron chi connectivity index (χ4n) is 3.68. The number of para-hydroxylation sites is 1. The second-order valence-corrected chi connectivity index (χ2v) is 7.95. The number of H-pyrrole nitrogens is 1. The van der Waals surface area contributed by atoms with Crippen molar-refractivity contribution < 1.29 is 14.3 Å². The third-order valence-corrected chi connectivity index (χ3v) is 5.36. The lowest BCUT2D eigenvalue weighted by Crippen LogP contribution is -2.57. The Morgan fingerprint density at radius 1 is 1.25 bits per heavy atom. The van der Waals surface area contributed by atoms with Gasteiger partial charge in [0.25, 0.3) is 0 Å². The average Bonchev–Trinajstić information content (AvgIpc) is 3.09. The van der Waals surface area contributed by atoms with Crippen LogP contribution in [0.5, 0.6) is 0 Å². The predicted octanol–water partition coefficient (Wildman–Crippen LogP) is 1.44. The van der Waals surface area contributed by atoms with E-state index in [9.17, 15) is 9.59 Å². The Morgan fingerprint density at radius 3 is 2.68 bits per heavy atom. The summed E-state index contributed by atoms with van der Waals surface area (Å²) in [5.41, 5.74) is 1.85. The summed E-state index contributed by atoms with van der Waals surface area (Å²) in [4.78, 5) is 30.1. The van der Waals surface area contributed by atoms with Crippen molar-refractivity contribution in [1.82, 2.24) is 20.5 Å². The van der Waals surface area contributed by atoms with Crippen LogP contribution in [0.2, 0.25) is 0 Å². The van der Waals surface area contributed by atoms with E-state index in [1.165, 1.54) is 6.92 Å². The molecule has 1 fully saturated rings. The number of benzene rings is 1. The summed E-state index contributed by atoms with van der Waals surface area (Å²) >= 11 is 0. The average molecular weight is 386 g/mol. The fraction of sp³-hybridized carbons (Fsp3) is 0.524. The Hall–Kier alpha value is -2.38. The SMILES string of the molecule is CC(=O)NC(Cc1c[nH]c2ccccc12)C(=O)NCC(C)(C)N1CCOCC1. The van der Waals surface area contributed by atoms with E-state index in [-0.39, 0.29) is 17.4 Å². The zero-order valence-electron chi connectivity index (χ0n) is 16.9. The molecule has 1 aliphatic heterocycles. The summed E-state index contributed by atoms with van der Waals surface area (Å²) in [6, 6.07) is 7.34. The molecule has 1 aromatic carbocycles. The van der Waals surface area contributed by atoms with Crippen LogP contribution in [0.25, 0.3) is 10.9 Å².